The average molecular weight is 524 g/mol. The molecule has 1 saturated heterocycles. The van der Waals surface area contributed by atoms with Crippen LogP contribution in [0.5, 0.6) is 0 Å². The number of hydrogen-bond acceptors (Lipinski definition) is 5. The first-order valence-corrected chi connectivity index (χ1v) is 13.3. The Kier molecular flexibility index (Phi) is 6.01. The maximum Gasteiger partial charge on any atom is 0.407 e. The summed E-state index contributed by atoms with van der Waals surface area (Å²) in [6.07, 6.45) is 4.12. The number of hydrogen-bond donors (Lipinski definition) is 2. The van der Waals surface area contributed by atoms with Gasteiger partial charge in [-0.3, -0.25) is 4.68 Å². The molecule has 0 bridgehead atoms. The van der Waals surface area contributed by atoms with Crippen molar-refractivity contribution >= 4 is 28.3 Å². The predicted molar refractivity (Wildman–Crippen MR) is 152 cm³/mol. The van der Waals surface area contributed by atoms with Gasteiger partial charge in [0.15, 0.2) is 5.82 Å². The quantitative estimate of drug-likeness (QED) is 0.315. The second kappa shape index (κ2) is 9.41. The van der Waals surface area contributed by atoms with E-state index >= 15 is 0 Å². The van der Waals surface area contributed by atoms with Gasteiger partial charge in [-0.25, -0.2) is 14.3 Å². The summed E-state index contributed by atoms with van der Waals surface area (Å²) < 4.78 is 3.87. The minimum absolute atomic E-state index is 0.105. The fourth-order valence-electron chi connectivity index (χ4n) is 5.97. The number of piperidine rings is 1. The number of likely N-dealkylation sites (tertiary alicyclic amines) is 1. The summed E-state index contributed by atoms with van der Waals surface area (Å²) in [6, 6.07) is 18.6. The number of rotatable bonds is 4. The molecule has 1 aliphatic heterocycles. The highest BCUT2D eigenvalue weighted by molar-refractivity contribution is 5.92. The van der Waals surface area contributed by atoms with Gasteiger partial charge in [0, 0.05) is 41.3 Å². The topological polar surface area (TPSA) is 115 Å². The summed E-state index contributed by atoms with van der Waals surface area (Å²) in [4.78, 5) is 17.9. The maximum absolute atomic E-state index is 12.0. The number of amides is 1. The summed E-state index contributed by atoms with van der Waals surface area (Å²) in [7, 11) is 0. The van der Waals surface area contributed by atoms with Crippen LogP contribution in [0.15, 0.2) is 67.1 Å². The molecule has 39 heavy (non-hydrogen) atoms. The molecule has 0 saturated carbocycles. The largest absolute Gasteiger partial charge is 0.465 e. The molecule has 3 N–H and O–H groups in total. The molecular formula is C30H33N7O2. The lowest BCUT2D eigenvalue weighted by atomic mass is 9.76. The SMILES string of the molecule is CC(C)(C)C1CC(c2cc(-c3ccc4cn(Cc5ccccc5)nc4c3)c3c(N)ncnn23)CCN1C(=O)O. The molecule has 6 rings (SSSR count). The van der Waals surface area contributed by atoms with E-state index in [4.69, 9.17) is 10.8 Å². The number of aromatic nitrogens is 5. The summed E-state index contributed by atoms with van der Waals surface area (Å²) >= 11 is 0. The molecule has 1 amide bonds. The lowest BCUT2D eigenvalue weighted by Crippen LogP contribution is -2.51. The van der Waals surface area contributed by atoms with Crippen LogP contribution in [0.4, 0.5) is 10.6 Å². The smallest absolute Gasteiger partial charge is 0.407 e. The van der Waals surface area contributed by atoms with Gasteiger partial charge in [-0.1, -0.05) is 63.2 Å². The molecule has 1 fully saturated rings. The molecule has 0 radical (unpaired) electrons. The number of carboxylic acid groups (broad SMARTS) is 1. The monoisotopic (exact) mass is 523 g/mol. The Morgan fingerprint density at radius 2 is 1.92 bits per heavy atom. The number of nitrogen functional groups attached to an aromatic ring is 1. The lowest BCUT2D eigenvalue weighted by molar-refractivity contribution is 0.0519. The Morgan fingerprint density at radius 1 is 1.13 bits per heavy atom. The van der Waals surface area contributed by atoms with Gasteiger partial charge >= 0.3 is 6.09 Å². The Bertz CT molecular complexity index is 1670. The number of nitrogens with zero attached hydrogens (tertiary/aromatic N) is 6. The molecule has 2 atom stereocenters. The number of fused-ring (bicyclic) bond motifs is 2. The second-order valence-electron chi connectivity index (χ2n) is 11.6. The van der Waals surface area contributed by atoms with Crippen molar-refractivity contribution < 1.29 is 9.90 Å². The van der Waals surface area contributed by atoms with Crippen LogP contribution >= 0.6 is 0 Å². The molecule has 0 aliphatic carbocycles. The van der Waals surface area contributed by atoms with Crippen LogP contribution in [0, 0.1) is 5.41 Å². The molecular weight excluding hydrogens is 490 g/mol. The van der Waals surface area contributed by atoms with Gasteiger partial charge < -0.3 is 15.7 Å². The fourth-order valence-corrected chi connectivity index (χ4v) is 5.97. The van der Waals surface area contributed by atoms with Gasteiger partial charge in [-0.2, -0.15) is 10.2 Å². The molecule has 5 aromatic rings. The highest BCUT2D eigenvalue weighted by atomic mass is 16.4. The maximum atomic E-state index is 12.0. The Labute approximate surface area is 226 Å². The zero-order valence-corrected chi connectivity index (χ0v) is 22.5. The van der Waals surface area contributed by atoms with Crippen molar-refractivity contribution in [2.24, 2.45) is 5.41 Å². The first kappa shape index (κ1) is 24.9. The van der Waals surface area contributed by atoms with Crippen molar-refractivity contribution in [3.05, 3.63) is 78.4 Å². The van der Waals surface area contributed by atoms with Crippen molar-refractivity contribution in [3.63, 3.8) is 0 Å². The van der Waals surface area contributed by atoms with E-state index in [1.807, 2.05) is 27.4 Å². The normalized spacial score (nSPS) is 18.2. The zero-order valence-electron chi connectivity index (χ0n) is 22.5. The van der Waals surface area contributed by atoms with E-state index in [0.717, 1.165) is 39.7 Å². The average Bonchev–Trinajstić information content (AvgIpc) is 3.50. The van der Waals surface area contributed by atoms with Gasteiger partial charge in [-0.15, -0.1) is 0 Å². The number of benzene rings is 2. The Balaban J connectivity index is 1.39. The van der Waals surface area contributed by atoms with Crippen molar-refractivity contribution in [3.8, 4) is 11.1 Å². The summed E-state index contributed by atoms with van der Waals surface area (Å²) in [5, 5.41) is 20.3. The van der Waals surface area contributed by atoms with E-state index in [9.17, 15) is 9.90 Å². The Morgan fingerprint density at radius 3 is 2.67 bits per heavy atom. The van der Waals surface area contributed by atoms with Crippen LogP contribution in [0.1, 0.15) is 50.8 Å². The molecule has 3 aromatic heterocycles. The number of anilines is 1. The molecule has 2 unspecified atom stereocenters. The van der Waals surface area contributed by atoms with Gasteiger partial charge in [0.05, 0.1) is 12.1 Å². The molecule has 0 spiro atoms. The molecule has 9 nitrogen and oxygen atoms in total. The summed E-state index contributed by atoms with van der Waals surface area (Å²) in [6.45, 7) is 7.49. The van der Waals surface area contributed by atoms with E-state index in [2.05, 4.69) is 73.4 Å². The van der Waals surface area contributed by atoms with E-state index < -0.39 is 6.09 Å². The van der Waals surface area contributed by atoms with Gasteiger partial charge in [0.1, 0.15) is 11.8 Å². The number of nitrogens with two attached hydrogens (primary N) is 1. The highest BCUT2D eigenvalue weighted by Gasteiger charge is 2.40. The van der Waals surface area contributed by atoms with E-state index in [1.165, 1.54) is 11.9 Å². The van der Waals surface area contributed by atoms with Crippen molar-refractivity contribution in [2.45, 2.75) is 52.1 Å². The summed E-state index contributed by atoms with van der Waals surface area (Å²) in [5.41, 5.74) is 12.1. The molecule has 4 heterocycles. The lowest BCUT2D eigenvalue weighted by Gasteiger charge is -2.44. The zero-order chi connectivity index (χ0) is 27.3. The van der Waals surface area contributed by atoms with Gasteiger partial charge in [0.25, 0.3) is 0 Å². The van der Waals surface area contributed by atoms with Crippen LogP contribution in [0.2, 0.25) is 0 Å². The third kappa shape index (κ3) is 4.58. The molecule has 1 aliphatic rings. The first-order valence-electron chi connectivity index (χ1n) is 13.3. The Hall–Kier alpha value is -4.40. The van der Waals surface area contributed by atoms with Crippen LogP contribution in [0.3, 0.4) is 0 Å². The van der Waals surface area contributed by atoms with Crippen LogP contribution in [-0.2, 0) is 6.54 Å². The first-order chi connectivity index (χ1) is 18.7. The van der Waals surface area contributed by atoms with Crippen molar-refractivity contribution in [1.29, 1.82) is 0 Å². The second-order valence-corrected chi connectivity index (χ2v) is 11.6. The highest BCUT2D eigenvalue weighted by Crippen LogP contribution is 2.42. The third-order valence-corrected chi connectivity index (χ3v) is 7.93. The molecule has 200 valence electrons. The van der Waals surface area contributed by atoms with Crippen LogP contribution in [0.25, 0.3) is 27.5 Å². The van der Waals surface area contributed by atoms with E-state index in [1.54, 1.807) is 4.90 Å². The minimum Gasteiger partial charge on any atom is -0.465 e. The van der Waals surface area contributed by atoms with Gasteiger partial charge in [-0.05, 0) is 41.5 Å². The van der Waals surface area contributed by atoms with Crippen molar-refractivity contribution in [1.82, 2.24) is 29.3 Å². The van der Waals surface area contributed by atoms with E-state index in [-0.39, 0.29) is 17.4 Å². The third-order valence-electron chi connectivity index (χ3n) is 7.93. The fraction of sp³-hybridized carbons (Fsp3) is 0.333. The standard InChI is InChI=1S/C30H33N7O2/c1-30(2,3)26-14-21(11-12-36(26)29(38)39)25-15-23(27-28(31)32-18-33-37(25)27)20-9-10-22-17-35(34-24(22)13-20)16-19-7-5-4-6-8-19/h4-10,13,15,17-18,21,26H,11-12,14,16H2,1-3H3,(H,38,39)(H2,31,32,33). The van der Waals surface area contributed by atoms with Crippen molar-refractivity contribution in [2.75, 3.05) is 12.3 Å². The van der Waals surface area contributed by atoms with Crippen LogP contribution < -0.4 is 5.73 Å². The minimum atomic E-state index is -0.861. The molecule has 9 heteroatoms. The van der Waals surface area contributed by atoms with E-state index in [0.29, 0.717) is 25.3 Å². The van der Waals surface area contributed by atoms with Gasteiger partial charge in [0.2, 0.25) is 0 Å². The predicted octanol–water partition coefficient (Wildman–Crippen LogP) is 5.65. The molecule has 2 aromatic carbocycles. The van der Waals surface area contributed by atoms with Crippen LogP contribution in [-0.4, -0.2) is 53.1 Å². The number of carbonyl (C=O) groups is 1. The summed E-state index contributed by atoms with van der Waals surface area (Å²) in [5.74, 6) is 0.547.